The van der Waals surface area contributed by atoms with Crippen molar-refractivity contribution >= 4 is 17.4 Å². The molecule has 0 saturated heterocycles. The highest BCUT2D eigenvalue weighted by atomic mass is 16.5. The summed E-state index contributed by atoms with van der Waals surface area (Å²) in [5.41, 5.74) is 2.07. The van der Waals surface area contributed by atoms with Crippen molar-refractivity contribution in [3.05, 3.63) is 41.9 Å². The summed E-state index contributed by atoms with van der Waals surface area (Å²) in [5, 5.41) is 2.94. The van der Waals surface area contributed by atoms with Gasteiger partial charge in [-0.25, -0.2) is 9.97 Å². The Morgan fingerprint density at radius 3 is 2.67 bits per heavy atom. The smallest absolute Gasteiger partial charge is 0.274 e. The summed E-state index contributed by atoms with van der Waals surface area (Å²) in [5.74, 6) is 1.36. The molecule has 0 aliphatic heterocycles. The number of carbonyl (C=O) groups is 1. The van der Waals surface area contributed by atoms with E-state index in [1.807, 2.05) is 25.1 Å². The molecule has 0 spiro atoms. The number of methoxy groups -OCH3 is 1. The molecule has 1 aliphatic carbocycles. The zero-order valence-corrected chi connectivity index (χ0v) is 16.4. The van der Waals surface area contributed by atoms with E-state index in [1.165, 1.54) is 38.4 Å². The van der Waals surface area contributed by atoms with Crippen molar-refractivity contribution in [2.45, 2.75) is 52.0 Å². The fraction of sp³-hybridized carbons (Fsp3) is 0.476. The number of carbonyl (C=O) groups excluding carboxylic acids is 1. The molecule has 2 aromatic rings. The van der Waals surface area contributed by atoms with E-state index in [1.54, 1.807) is 13.2 Å². The Balaban J connectivity index is 1.76. The van der Waals surface area contributed by atoms with Crippen molar-refractivity contribution in [3.8, 4) is 5.75 Å². The lowest BCUT2D eigenvalue weighted by Crippen LogP contribution is -2.37. The molecule has 1 aliphatic rings. The van der Waals surface area contributed by atoms with Crippen LogP contribution in [0.5, 0.6) is 5.75 Å². The number of amides is 1. The molecule has 0 atom stereocenters. The lowest BCUT2D eigenvalue weighted by atomic mass is 9.94. The Morgan fingerprint density at radius 2 is 2.00 bits per heavy atom. The lowest BCUT2D eigenvalue weighted by molar-refractivity contribution is 0.102. The molecular formula is C21H28N4O2. The minimum Gasteiger partial charge on any atom is -0.497 e. The van der Waals surface area contributed by atoms with Crippen LogP contribution in [-0.2, 0) is 0 Å². The van der Waals surface area contributed by atoms with Crippen LogP contribution >= 0.6 is 0 Å². The van der Waals surface area contributed by atoms with Gasteiger partial charge < -0.3 is 15.0 Å². The second-order valence-corrected chi connectivity index (χ2v) is 6.97. The molecule has 1 amide bonds. The maximum Gasteiger partial charge on any atom is 0.274 e. The van der Waals surface area contributed by atoms with Crippen LogP contribution in [0.3, 0.4) is 0 Å². The molecule has 3 rings (SSSR count). The van der Waals surface area contributed by atoms with Gasteiger partial charge in [0.25, 0.3) is 5.91 Å². The quantitative estimate of drug-likeness (QED) is 0.827. The van der Waals surface area contributed by atoms with Gasteiger partial charge in [-0.3, -0.25) is 4.79 Å². The number of hydrogen-bond donors (Lipinski definition) is 1. The zero-order valence-electron chi connectivity index (χ0n) is 16.4. The summed E-state index contributed by atoms with van der Waals surface area (Å²) in [6.07, 6.45) is 7.69. The van der Waals surface area contributed by atoms with E-state index in [4.69, 9.17) is 4.74 Å². The van der Waals surface area contributed by atoms with Crippen molar-refractivity contribution < 1.29 is 9.53 Å². The van der Waals surface area contributed by atoms with Gasteiger partial charge in [-0.05, 0) is 50.5 Å². The number of ether oxygens (including phenoxy) is 1. The average Bonchev–Trinajstić information content (AvgIpc) is 2.71. The molecule has 1 saturated carbocycles. The van der Waals surface area contributed by atoms with E-state index >= 15 is 0 Å². The fourth-order valence-corrected chi connectivity index (χ4v) is 3.72. The predicted octanol–water partition coefficient (Wildman–Crippen LogP) is 4.20. The number of rotatable bonds is 6. The van der Waals surface area contributed by atoms with Crippen LogP contribution in [0.25, 0.3) is 0 Å². The van der Waals surface area contributed by atoms with E-state index in [-0.39, 0.29) is 5.91 Å². The molecule has 1 heterocycles. The van der Waals surface area contributed by atoms with Crippen LogP contribution in [0, 0.1) is 6.92 Å². The minimum absolute atomic E-state index is 0.230. The van der Waals surface area contributed by atoms with Crippen LogP contribution in [0.15, 0.2) is 30.6 Å². The van der Waals surface area contributed by atoms with Gasteiger partial charge in [0, 0.05) is 24.3 Å². The number of aromatic nitrogens is 2. The average molecular weight is 368 g/mol. The van der Waals surface area contributed by atoms with Crippen LogP contribution in [0.1, 0.15) is 55.1 Å². The summed E-state index contributed by atoms with van der Waals surface area (Å²) < 4.78 is 5.21. The van der Waals surface area contributed by atoms with Crippen molar-refractivity contribution in [2.24, 2.45) is 0 Å². The molecule has 0 bridgehead atoms. The van der Waals surface area contributed by atoms with Gasteiger partial charge in [0.1, 0.15) is 23.6 Å². The van der Waals surface area contributed by atoms with Crippen LogP contribution < -0.4 is 15.0 Å². The molecule has 6 heteroatoms. The van der Waals surface area contributed by atoms with Gasteiger partial charge in [-0.15, -0.1) is 0 Å². The molecule has 0 unspecified atom stereocenters. The molecule has 0 radical (unpaired) electrons. The van der Waals surface area contributed by atoms with E-state index in [2.05, 4.69) is 27.1 Å². The Labute approximate surface area is 161 Å². The molecule has 1 aromatic heterocycles. The molecule has 1 fully saturated rings. The molecule has 144 valence electrons. The first-order valence-corrected chi connectivity index (χ1v) is 9.67. The summed E-state index contributed by atoms with van der Waals surface area (Å²) >= 11 is 0. The first-order valence-electron chi connectivity index (χ1n) is 9.67. The van der Waals surface area contributed by atoms with E-state index in [0.717, 1.165) is 29.4 Å². The van der Waals surface area contributed by atoms with Crippen molar-refractivity contribution in [1.29, 1.82) is 0 Å². The Kier molecular flexibility index (Phi) is 6.27. The number of anilines is 2. The van der Waals surface area contributed by atoms with Crippen LogP contribution in [0.4, 0.5) is 11.5 Å². The van der Waals surface area contributed by atoms with Gasteiger partial charge in [-0.2, -0.15) is 0 Å². The molecule has 6 nitrogen and oxygen atoms in total. The van der Waals surface area contributed by atoms with Gasteiger partial charge in [0.05, 0.1) is 7.11 Å². The number of hydrogen-bond acceptors (Lipinski definition) is 5. The SMILES string of the molecule is CCN(c1cc(C(=O)Nc2ccc(OC)cc2C)ncn1)C1CCCCC1. The summed E-state index contributed by atoms with van der Waals surface area (Å²) in [7, 11) is 1.63. The molecule has 1 aromatic carbocycles. The van der Waals surface area contributed by atoms with Crippen molar-refractivity contribution in [3.63, 3.8) is 0 Å². The Hall–Kier alpha value is -2.63. The Morgan fingerprint density at radius 1 is 1.22 bits per heavy atom. The fourth-order valence-electron chi connectivity index (χ4n) is 3.72. The first kappa shape index (κ1) is 19.1. The maximum atomic E-state index is 12.7. The van der Waals surface area contributed by atoms with Gasteiger partial charge in [-0.1, -0.05) is 19.3 Å². The molecule has 27 heavy (non-hydrogen) atoms. The second-order valence-electron chi connectivity index (χ2n) is 6.97. The largest absolute Gasteiger partial charge is 0.497 e. The summed E-state index contributed by atoms with van der Waals surface area (Å²) in [6.45, 7) is 4.95. The third kappa shape index (κ3) is 4.56. The summed E-state index contributed by atoms with van der Waals surface area (Å²) in [4.78, 5) is 23.6. The Bertz CT molecular complexity index is 788. The minimum atomic E-state index is -0.230. The normalized spacial score (nSPS) is 14.6. The highest BCUT2D eigenvalue weighted by molar-refractivity contribution is 6.03. The third-order valence-electron chi connectivity index (χ3n) is 5.22. The highest BCUT2D eigenvalue weighted by Gasteiger charge is 2.22. The molecule has 1 N–H and O–H groups in total. The number of aryl methyl sites for hydroxylation is 1. The van der Waals surface area contributed by atoms with Crippen LogP contribution in [-0.4, -0.2) is 35.6 Å². The van der Waals surface area contributed by atoms with Crippen molar-refractivity contribution in [1.82, 2.24) is 9.97 Å². The van der Waals surface area contributed by atoms with Gasteiger partial charge >= 0.3 is 0 Å². The third-order valence-corrected chi connectivity index (χ3v) is 5.22. The number of nitrogens with zero attached hydrogens (tertiary/aromatic N) is 3. The van der Waals surface area contributed by atoms with E-state index in [9.17, 15) is 4.79 Å². The van der Waals surface area contributed by atoms with Crippen molar-refractivity contribution in [2.75, 3.05) is 23.9 Å². The lowest BCUT2D eigenvalue weighted by Gasteiger charge is -2.34. The first-order chi connectivity index (χ1) is 13.1. The second kappa shape index (κ2) is 8.84. The number of benzene rings is 1. The standard InChI is InChI=1S/C21H28N4O2/c1-4-25(16-8-6-5-7-9-16)20-13-19(22-14-23-20)21(26)24-18-11-10-17(27-3)12-15(18)2/h10-14,16H,4-9H2,1-3H3,(H,24,26). The highest BCUT2D eigenvalue weighted by Crippen LogP contribution is 2.26. The van der Waals surface area contributed by atoms with E-state index in [0.29, 0.717) is 11.7 Å². The van der Waals surface area contributed by atoms with Crippen LogP contribution in [0.2, 0.25) is 0 Å². The zero-order chi connectivity index (χ0) is 19.2. The van der Waals surface area contributed by atoms with Gasteiger partial charge in [0.15, 0.2) is 0 Å². The summed E-state index contributed by atoms with van der Waals surface area (Å²) in [6, 6.07) is 7.86. The van der Waals surface area contributed by atoms with Gasteiger partial charge in [0.2, 0.25) is 0 Å². The predicted molar refractivity (Wildman–Crippen MR) is 108 cm³/mol. The topological polar surface area (TPSA) is 67.4 Å². The maximum absolute atomic E-state index is 12.7. The van der Waals surface area contributed by atoms with E-state index < -0.39 is 0 Å². The molecular weight excluding hydrogens is 340 g/mol. The monoisotopic (exact) mass is 368 g/mol. The number of nitrogens with one attached hydrogen (secondary N) is 1.